The lowest BCUT2D eigenvalue weighted by Crippen LogP contribution is -1.96. The predicted octanol–water partition coefficient (Wildman–Crippen LogP) is 4.86. The van der Waals surface area contributed by atoms with Gasteiger partial charge in [0.25, 0.3) is 0 Å². The third kappa shape index (κ3) is 4.68. The van der Waals surface area contributed by atoms with Gasteiger partial charge in [0, 0.05) is 17.3 Å². The van der Waals surface area contributed by atoms with Gasteiger partial charge < -0.3 is 9.47 Å². The summed E-state index contributed by atoms with van der Waals surface area (Å²) in [6.45, 7) is 0. The first kappa shape index (κ1) is 18.5. The molecule has 0 aliphatic carbocycles. The monoisotopic (exact) mass is 395 g/mol. The van der Waals surface area contributed by atoms with Gasteiger partial charge in [-0.2, -0.15) is 5.26 Å². The third-order valence-corrected chi connectivity index (χ3v) is 3.87. The third-order valence-electron chi connectivity index (χ3n) is 3.30. The zero-order chi connectivity index (χ0) is 19.2. The Morgan fingerprint density at radius 2 is 1.85 bits per heavy atom. The molecule has 3 aromatic rings. The molecule has 2 aromatic heterocycles. The second kappa shape index (κ2) is 8.42. The topological polar surface area (TPSA) is 68.0 Å². The van der Waals surface area contributed by atoms with E-state index in [-0.39, 0.29) is 16.7 Å². The fourth-order valence-electron chi connectivity index (χ4n) is 2.14. The molecule has 0 N–H and O–H groups in total. The molecular weight excluding hydrogens is 385 g/mol. The molecule has 2 heterocycles. The van der Waals surface area contributed by atoms with Crippen LogP contribution in [0.3, 0.4) is 0 Å². The van der Waals surface area contributed by atoms with Crippen molar-refractivity contribution in [1.29, 1.82) is 5.26 Å². The minimum atomic E-state index is 0.169. The number of hydrogen-bond donors (Lipinski definition) is 0. The number of pyridine rings is 2. The maximum Gasteiger partial charge on any atom is 0.237 e. The van der Waals surface area contributed by atoms with Gasteiger partial charge in [-0.15, -0.1) is 0 Å². The van der Waals surface area contributed by atoms with Crippen molar-refractivity contribution in [2.24, 2.45) is 0 Å². The van der Waals surface area contributed by atoms with E-state index in [0.29, 0.717) is 27.7 Å². The van der Waals surface area contributed by atoms with Crippen LogP contribution in [0.15, 0.2) is 48.7 Å². The zero-order valence-electron chi connectivity index (χ0n) is 14.0. The highest BCUT2D eigenvalue weighted by Gasteiger charge is 2.14. The maximum atomic E-state index is 9.07. The summed E-state index contributed by atoms with van der Waals surface area (Å²) >= 11 is 12.3. The van der Waals surface area contributed by atoms with Crippen LogP contribution in [-0.2, 0) is 0 Å². The fourth-order valence-corrected chi connectivity index (χ4v) is 2.57. The Kier molecular flexibility index (Phi) is 5.78. The Hall–Kier alpha value is -3.25. The highest BCUT2D eigenvalue weighted by atomic mass is 35.5. The summed E-state index contributed by atoms with van der Waals surface area (Å²) in [5.41, 5.74) is 1.36. The zero-order valence-corrected chi connectivity index (χ0v) is 15.5. The SMILES string of the molecule is COc1nc(C#Cc2ccccn2)cc(Oc2cc(Cl)cc(C#N)c2)c1Cl. The Bertz CT molecular complexity index is 1080. The van der Waals surface area contributed by atoms with Gasteiger partial charge in [-0.3, -0.25) is 0 Å². The van der Waals surface area contributed by atoms with Gasteiger partial charge in [-0.05, 0) is 42.2 Å². The van der Waals surface area contributed by atoms with E-state index in [1.165, 1.54) is 13.2 Å². The molecular formula is C20H11Cl2N3O2. The summed E-state index contributed by atoms with van der Waals surface area (Å²) in [6, 6.07) is 13.7. The molecule has 0 atom stereocenters. The van der Waals surface area contributed by atoms with Crippen molar-refractivity contribution in [2.75, 3.05) is 7.11 Å². The van der Waals surface area contributed by atoms with Crippen LogP contribution < -0.4 is 9.47 Å². The lowest BCUT2D eigenvalue weighted by molar-refractivity contribution is 0.392. The van der Waals surface area contributed by atoms with Crippen LogP contribution in [0.1, 0.15) is 17.0 Å². The molecule has 7 heteroatoms. The second-order valence-electron chi connectivity index (χ2n) is 5.18. The largest absolute Gasteiger partial charge is 0.480 e. The molecule has 0 amide bonds. The van der Waals surface area contributed by atoms with Gasteiger partial charge >= 0.3 is 0 Å². The molecule has 0 spiro atoms. The van der Waals surface area contributed by atoms with Gasteiger partial charge in [0.05, 0.1) is 18.7 Å². The van der Waals surface area contributed by atoms with E-state index < -0.39 is 0 Å². The van der Waals surface area contributed by atoms with Crippen LogP contribution in [0.5, 0.6) is 17.4 Å². The van der Waals surface area contributed by atoms with Gasteiger partial charge in [0.2, 0.25) is 5.88 Å². The Balaban J connectivity index is 1.99. The van der Waals surface area contributed by atoms with E-state index in [1.54, 1.807) is 36.5 Å². The molecule has 0 saturated carbocycles. The van der Waals surface area contributed by atoms with Crippen molar-refractivity contribution >= 4 is 23.2 Å². The standard InChI is InChI=1S/C20H11Cl2N3O2/c1-26-20-19(22)18(27-17-9-13(12-23)8-14(21)10-17)11-16(25-20)6-5-15-4-2-3-7-24-15/h2-4,7-11H,1H3. The number of rotatable bonds is 3. The molecule has 0 radical (unpaired) electrons. The molecule has 3 rings (SSSR count). The molecule has 0 unspecified atom stereocenters. The number of nitriles is 1. The van der Waals surface area contributed by atoms with Crippen molar-refractivity contribution in [3.63, 3.8) is 0 Å². The quantitative estimate of drug-likeness (QED) is 0.592. The first-order valence-electron chi connectivity index (χ1n) is 7.65. The minimum absolute atomic E-state index is 0.169. The number of nitrogens with zero attached hydrogens (tertiary/aromatic N) is 3. The molecule has 0 aliphatic heterocycles. The smallest absolute Gasteiger partial charge is 0.237 e. The van der Waals surface area contributed by atoms with Crippen LogP contribution in [0.2, 0.25) is 10.0 Å². The molecule has 0 fully saturated rings. The number of halogens is 2. The van der Waals surface area contributed by atoms with Crippen LogP contribution in [0, 0.1) is 23.2 Å². The highest BCUT2D eigenvalue weighted by Crippen LogP contribution is 2.36. The molecule has 0 bridgehead atoms. The summed E-state index contributed by atoms with van der Waals surface area (Å²) in [5, 5.41) is 9.62. The normalized spacial score (nSPS) is 9.70. The summed E-state index contributed by atoms with van der Waals surface area (Å²) < 4.78 is 11.0. The molecule has 0 saturated heterocycles. The maximum absolute atomic E-state index is 9.07. The van der Waals surface area contributed by atoms with Crippen molar-refractivity contribution in [2.45, 2.75) is 0 Å². The van der Waals surface area contributed by atoms with Crippen LogP contribution in [-0.4, -0.2) is 17.1 Å². The molecule has 132 valence electrons. The lowest BCUT2D eigenvalue weighted by Gasteiger charge is -2.11. The van der Waals surface area contributed by atoms with E-state index >= 15 is 0 Å². The lowest BCUT2D eigenvalue weighted by atomic mass is 10.2. The Labute approximate surface area is 166 Å². The first-order valence-corrected chi connectivity index (χ1v) is 8.41. The number of benzene rings is 1. The summed E-state index contributed by atoms with van der Waals surface area (Å²) in [5.74, 6) is 6.62. The van der Waals surface area contributed by atoms with Gasteiger partial charge in [-0.1, -0.05) is 29.3 Å². The number of ether oxygens (including phenoxy) is 2. The van der Waals surface area contributed by atoms with Gasteiger partial charge in [0.1, 0.15) is 22.2 Å². The molecule has 0 aliphatic rings. The van der Waals surface area contributed by atoms with E-state index in [4.69, 9.17) is 37.9 Å². The molecule has 27 heavy (non-hydrogen) atoms. The van der Waals surface area contributed by atoms with Crippen molar-refractivity contribution < 1.29 is 9.47 Å². The Morgan fingerprint density at radius 1 is 1.04 bits per heavy atom. The fraction of sp³-hybridized carbons (Fsp3) is 0.0500. The highest BCUT2D eigenvalue weighted by molar-refractivity contribution is 6.33. The predicted molar refractivity (Wildman–Crippen MR) is 102 cm³/mol. The average molecular weight is 396 g/mol. The van der Waals surface area contributed by atoms with Crippen molar-refractivity contribution in [3.8, 4) is 35.3 Å². The second-order valence-corrected chi connectivity index (χ2v) is 6.00. The van der Waals surface area contributed by atoms with E-state index in [1.807, 2.05) is 12.1 Å². The first-order chi connectivity index (χ1) is 13.1. The average Bonchev–Trinajstić information content (AvgIpc) is 2.68. The number of hydrogen-bond acceptors (Lipinski definition) is 5. The van der Waals surface area contributed by atoms with Gasteiger partial charge in [0.15, 0.2) is 5.75 Å². The van der Waals surface area contributed by atoms with Crippen molar-refractivity contribution in [3.05, 3.63) is 75.7 Å². The van der Waals surface area contributed by atoms with Crippen LogP contribution in [0.25, 0.3) is 0 Å². The van der Waals surface area contributed by atoms with E-state index in [9.17, 15) is 0 Å². The Morgan fingerprint density at radius 3 is 2.56 bits per heavy atom. The number of methoxy groups -OCH3 is 1. The van der Waals surface area contributed by atoms with Crippen LogP contribution >= 0.6 is 23.2 Å². The van der Waals surface area contributed by atoms with Crippen LogP contribution in [0.4, 0.5) is 0 Å². The molecule has 5 nitrogen and oxygen atoms in total. The summed E-state index contributed by atoms with van der Waals surface area (Å²) in [6.07, 6.45) is 1.65. The van der Waals surface area contributed by atoms with E-state index in [2.05, 4.69) is 21.8 Å². The van der Waals surface area contributed by atoms with Gasteiger partial charge in [-0.25, -0.2) is 9.97 Å². The molecule has 1 aromatic carbocycles. The van der Waals surface area contributed by atoms with E-state index in [0.717, 1.165) is 0 Å². The summed E-state index contributed by atoms with van der Waals surface area (Å²) in [4.78, 5) is 8.38. The van der Waals surface area contributed by atoms with Crippen molar-refractivity contribution in [1.82, 2.24) is 9.97 Å². The summed E-state index contributed by atoms with van der Waals surface area (Å²) in [7, 11) is 1.45. The minimum Gasteiger partial charge on any atom is -0.480 e. The number of aromatic nitrogens is 2.